The summed E-state index contributed by atoms with van der Waals surface area (Å²) in [5.41, 5.74) is 0.892. The second kappa shape index (κ2) is 8.78. The molecule has 0 unspecified atom stereocenters. The molecule has 0 aromatic carbocycles. The average Bonchev–Trinajstić information content (AvgIpc) is 2.51. The first kappa shape index (κ1) is 14.2. The van der Waals surface area contributed by atoms with Crippen LogP contribution in [0.4, 0.5) is 0 Å². The van der Waals surface area contributed by atoms with Crippen molar-refractivity contribution in [3.8, 4) is 0 Å². The number of allylic oxidation sites excluding steroid dienone is 2. The van der Waals surface area contributed by atoms with E-state index in [2.05, 4.69) is 11.7 Å². The van der Waals surface area contributed by atoms with Gasteiger partial charge in [0.2, 0.25) is 0 Å². The standard InChI is InChI=1S/C8H9NO.C2H6.CH4/c1-3-4-5-8-6-7(2)9-10-8;1-2;/h3-6H,1H2,2H3;1-2H3;1H4/b5-4+;;. The molecule has 0 atom stereocenters. The highest BCUT2D eigenvalue weighted by Gasteiger charge is 1.92. The largest absolute Gasteiger partial charge is 0.357 e. The zero-order chi connectivity index (χ0) is 9.40. The molecule has 1 rings (SSSR count). The second-order valence-corrected chi connectivity index (χ2v) is 1.97. The van der Waals surface area contributed by atoms with Gasteiger partial charge in [-0.05, 0) is 13.0 Å². The van der Waals surface area contributed by atoms with E-state index in [1.54, 1.807) is 12.2 Å². The third kappa shape index (κ3) is 5.91. The molecule has 0 fully saturated rings. The molecule has 1 heterocycles. The summed E-state index contributed by atoms with van der Waals surface area (Å²) in [6, 6.07) is 1.86. The third-order valence-corrected chi connectivity index (χ3v) is 1.04. The molecule has 1 aromatic heterocycles. The molecule has 2 heteroatoms. The molecule has 74 valence electrons. The van der Waals surface area contributed by atoms with Gasteiger partial charge in [-0.2, -0.15) is 0 Å². The van der Waals surface area contributed by atoms with Crippen LogP contribution in [0.3, 0.4) is 0 Å². The van der Waals surface area contributed by atoms with Crippen molar-refractivity contribution in [3.63, 3.8) is 0 Å². The lowest BCUT2D eigenvalue weighted by Gasteiger charge is -1.74. The van der Waals surface area contributed by atoms with Crippen LogP contribution < -0.4 is 0 Å². The number of aromatic nitrogens is 1. The quantitative estimate of drug-likeness (QED) is 0.648. The Hall–Kier alpha value is -1.31. The minimum Gasteiger partial charge on any atom is -0.357 e. The Morgan fingerprint density at radius 2 is 2.08 bits per heavy atom. The molecule has 0 saturated carbocycles. The van der Waals surface area contributed by atoms with Crippen LogP contribution in [-0.2, 0) is 0 Å². The van der Waals surface area contributed by atoms with Crippen molar-refractivity contribution in [2.24, 2.45) is 0 Å². The minimum absolute atomic E-state index is 0. The van der Waals surface area contributed by atoms with E-state index < -0.39 is 0 Å². The fourth-order valence-electron chi connectivity index (χ4n) is 0.625. The zero-order valence-electron chi connectivity index (χ0n) is 7.87. The molecule has 2 nitrogen and oxygen atoms in total. The molecule has 0 amide bonds. The van der Waals surface area contributed by atoms with Crippen LogP contribution in [0.2, 0.25) is 0 Å². The Labute approximate surface area is 80.9 Å². The molecule has 1 aromatic rings. The normalized spacial score (nSPS) is 8.54. The summed E-state index contributed by atoms with van der Waals surface area (Å²) < 4.78 is 4.88. The topological polar surface area (TPSA) is 26.0 Å². The van der Waals surface area contributed by atoms with Crippen molar-refractivity contribution in [1.29, 1.82) is 0 Å². The predicted molar refractivity (Wildman–Crippen MR) is 58.6 cm³/mol. The lowest BCUT2D eigenvalue weighted by molar-refractivity contribution is 0.408. The Balaban J connectivity index is 0. The van der Waals surface area contributed by atoms with Gasteiger partial charge in [-0.15, -0.1) is 0 Å². The molecule has 13 heavy (non-hydrogen) atoms. The highest BCUT2D eigenvalue weighted by molar-refractivity contribution is 5.44. The monoisotopic (exact) mass is 181 g/mol. The van der Waals surface area contributed by atoms with E-state index in [1.807, 2.05) is 32.9 Å². The molecule has 0 spiro atoms. The van der Waals surface area contributed by atoms with E-state index in [4.69, 9.17) is 4.52 Å². The summed E-state index contributed by atoms with van der Waals surface area (Å²) in [6.07, 6.45) is 5.31. The molecule has 0 aliphatic carbocycles. The van der Waals surface area contributed by atoms with Gasteiger partial charge < -0.3 is 4.52 Å². The van der Waals surface area contributed by atoms with Crippen LogP contribution in [0, 0.1) is 6.92 Å². The lowest BCUT2D eigenvalue weighted by atomic mass is 10.3. The van der Waals surface area contributed by atoms with Crippen LogP contribution in [-0.4, -0.2) is 5.16 Å². The van der Waals surface area contributed by atoms with E-state index in [0.29, 0.717) is 0 Å². The summed E-state index contributed by atoms with van der Waals surface area (Å²) in [5, 5.41) is 3.71. The molecular weight excluding hydrogens is 162 g/mol. The van der Waals surface area contributed by atoms with Gasteiger partial charge in [0, 0.05) is 6.07 Å². The van der Waals surface area contributed by atoms with Gasteiger partial charge in [0.15, 0.2) is 5.76 Å². The number of hydrogen-bond donors (Lipinski definition) is 0. The van der Waals surface area contributed by atoms with Gasteiger partial charge in [0.25, 0.3) is 0 Å². The zero-order valence-corrected chi connectivity index (χ0v) is 7.87. The van der Waals surface area contributed by atoms with Gasteiger partial charge in [-0.3, -0.25) is 0 Å². The summed E-state index contributed by atoms with van der Waals surface area (Å²) in [5.74, 6) is 0.761. The molecule has 0 radical (unpaired) electrons. The maximum atomic E-state index is 4.88. The first-order chi connectivity index (χ1) is 5.83. The molecule has 0 saturated heterocycles. The van der Waals surface area contributed by atoms with Crippen LogP contribution in [0.25, 0.3) is 6.08 Å². The van der Waals surface area contributed by atoms with E-state index in [-0.39, 0.29) is 7.43 Å². The summed E-state index contributed by atoms with van der Waals surface area (Å²) in [6.45, 7) is 9.42. The number of nitrogens with zero attached hydrogens (tertiary/aromatic N) is 1. The van der Waals surface area contributed by atoms with E-state index >= 15 is 0 Å². The molecule has 0 bridgehead atoms. The fourth-order valence-corrected chi connectivity index (χ4v) is 0.625. The van der Waals surface area contributed by atoms with Gasteiger partial charge in [-0.1, -0.05) is 45.2 Å². The van der Waals surface area contributed by atoms with Crippen LogP contribution in [0.5, 0.6) is 0 Å². The SMILES string of the molecule is C.C=C/C=C/c1cc(C)no1.CC. The van der Waals surface area contributed by atoms with Crippen LogP contribution in [0.1, 0.15) is 32.7 Å². The number of aryl methyl sites for hydroxylation is 1. The van der Waals surface area contributed by atoms with Crippen LogP contribution in [0.15, 0.2) is 29.3 Å². The maximum absolute atomic E-state index is 4.88. The smallest absolute Gasteiger partial charge is 0.159 e. The first-order valence-electron chi connectivity index (χ1n) is 4.05. The second-order valence-electron chi connectivity index (χ2n) is 1.97. The van der Waals surface area contributed by atoms with Gasteiger partial charge in [0.05, 0.1) is 5.69 Å². The van der Waals surface area contributed by atoms with Gasteiger partial charge in [0.1, 0.15) is 0 Å². The van der Waals surface area contributed by atoms with Crippen molar-refractivity contribution in [2.45, 2.75) is 28.2 Å². The van der Waals surface area contributed by atoms with Gasteiger partial charge >= 0.3 is 0 Å². The highest BCUT2D eigenvalue weighted by atomic mass is 16.5. The van der Waals surface area contributed by atoms with Gasteiger partial charge in [-0.25, -0.2) is 0 Å². The number of rotatable bonds is 2. The number of hydrogen-bond acceptors (Lipinski definition) is 2. The summed E-state index contributed by atoms with van der Waals surface area (Å²) in [4.78, 5) is 0. The van der Waals surface area contributed by atoms with Crippen molar-refractivity contribution in [2.75, 3.05) is 0 Å². The molecule has 0 aliphatic rings. The summed E-state index contributed by atoms with van der Waals surface area (Å²) >= 11 is 0. The molecule has 0 N–H and O–H groups in total. The van der Waals surface area contributed by atoms with Crippen LogP contribution >= 0.6 is 0 Å². The van der Waals surface area contributed by atoms with Crippen molar-refractivity contribution in [1.82, 2.24) is 5.16 Å². The molecule has 0 aliphatic heterocycles. The Bertz CT molecular complexity index is 248. The fraction of sp³-hybridized carbons (Fsp3) is 0.364. The maximum Gasteiger partial charge on any atom is 0.159 e. The summed E-state index contributed by atoms with van der Waals surface area (Å²) in [7, 11) is 0. The first-order valence-corrected chi connectivity index (χ1v) is 4.05. The Morgan fingerprint density at radius 1 is 1.46 bits per heavy atom. The minimum atomic E-state index is 0. The van der Waals surface area contributed by atoms with E-state index in [1.165, 1.54) is 0 Å². The average molecular weight is 181 g/mol. The van der Waals surface area contributed by atoms with Crippen molar-refractivity contribution >= 4 is 6.08 Å². The van der Waals surface area contributed by atoms with Crippen molar-refractivity contribution < 1.29 is 4.52 Å². The lowest BCUT2D eigenvalue weighted by Crippen LogP contribution is -1.60. The third-order valence-electron chi connectivity index (χ3n) is 1.04. The predicted octanol–water partition coefficient (Wildman–Crippen LogP) is 3.84. The highest BCUT2D eigenvalue weighted by Crippen LogP contribution is 2.03. The van der Waals surface area contributed by atoms with Crippen molar-refractivity contribution in [3.05, 3.63) is 36.3 Å². The Morgan fingerprint density at radius 3 is 2.46 bits per heavy atom. The Kier molecular flexibility index (Phi) is 9.61. The van der Waals surface area contributed by atoms with E-state index in [0.717, 1.165) is 11.5 Å². The van der Waals surface area contributed by atoms with E-state index in [9.17, 15) is 0 Å². The molecular formula is C11H19NO.